The van der Waals surface area contributed by atoms with Gasteiger partial charge in [-0.25, -0.2) is 4.39 Å². The van der Waals surface area contributed by atoms with Gasteiger partial charge < -0.3 is 5.32 Å². The lowest BCUT2D eigenvalue weighted by Crippen LogP contribution is -2.28. The van der Waals surface area contributed by atoms with Crippen LogP contribution in [0.15, 0.2) is 18.2 Å². The SMILES string of the molecule is Fc1cc(C2CCCNC2)ccc1CN1CCCC1. The molecule has 1 atom stereocenters. The third-order valence-corrected chi connectivity index (χ3v) is 4.44. The Morgan fingerprint density at radius 3 is 2.74 bits per heavy atom. The van der Waals surface area contributed by atoms with Crippen molar-refractivity contribution in [3.63, 3.8) is 0 Å². The molecule has 104 valence electrons. The minimum absolute atomic E-state index is 0.0185. The van der Waals surface area contributed by atoms with Gasteiger partial charge >= 0.3 is 0 Å². The number of halogens is 1. The first-order chi connectivity index (χ1) is 9.33. The van der Waals surface area contributed by atoms with E-state index < -0.39 is 0 Å². The molecule has 2 fully saturated rings. The monoisotopic (exact) mass is 262 g/mol. The zero-order valence-electron chi connectivity index (χ0n) is 11.5. The second-order valence-electron chi connectivity index (χ2n) is 5.88. The number of rotatable bonds is 3. The van der Waals surface area contributed by atoms with Crippen molar-refractivity contribution in [1.82, 2.24) is 10.2 Å². The van der Waals surface area contributed by atoms with E-state index in [4.69, 9.17) is 0 Å². The van der Waals surface area contributed by atoms with Crippen LogP contribution in [0.4, 0.5) is 4.39 Å². The maximum Gasteiger partial charge on any atom is 0.127 e. The molecule has 0 aliphatic carbocycles. The maximum absolute atomic E-state index is 14.2. The van der Waals surface area contributed by atoms with Crippen molar-refractivity contribution in [2.45, 2.75) is 38.1 Å². The summed E-state index contributed by atoms with van der Waals surface area (Å²) in [5.74, 6) is 0.471. The first kappa shape index (κ1) is 13.1. The van der Waals surface area contributed by atoms with Crippen molar-refractivity contribution in [2.75, 3.05) is 26.2 Å². The highest BCUT2D eigenvalue weighted by atomic mass is 19.1. The number of hydrogen-bond acceptors (Lipinski definition) is 2. The number of benzene rings is 1. The summed E-state index contributed by atoms with van der Waals surface area (Å²) in [5, 5.41) is 3.40. The van der Waals surface area contributed by atoms with Crippen LogP contribution in [0.3, 0.4) is 0 Å². The fourth-order valence-corrected chi connectivity index (χ4v) is 3.26. The van der Waals surface area contributed by atoms with Gasteiger partial charge in [-0.3, -0.25) is 4.90 Å². The minimum Gasteiger partial charge on any atom is -0.316 e. The molecule has 2 aliphatic rings. The minimum atomic E-state index is -0.0185. The summed E-state index contributed by atoms with van der Waals surface area (Å²) in [6.45, 7) is 5.10. The van der Waals surface area contributed by atoms with Crippen LogP contribution in [-0.2, 0) is 6.54 Å². The Hall–Kier alpha value is -0.930. The highest BCUT2D eigenvalue weighted by Gasteiger charge is 2.18. The van der Waals surface area contributed by atoms with Crippen molar-refractivity contribution in [3.05, 3.63) is 35.1 Å². The predicted octanol–water partition coefficient (Wildman–Crippen LogP) is 2.89. The maximum atomic E-state index is 14.2. The molecule has 3 rings (SSSR count). The topological polar surface area (TPSA) is 15.3 Å². The van der Waals surface area contributed by atoms with Gasteiger partial charge in [0, 0.05) is 18.7 Å². The Balaban J connectivity index is 1.69. The summed E-state index contributed by atoms with van der Waals surface area (Å²) in [7, 11) is 0. The van der Waals surface area contributed by atoms with E-state index in [1.54, 1.807) is 6.07 Å². The molecule has 0 saturated carbocycles. The van der Waals surface area contributed by atoms with E-state index >= 15 is 0 Å². The van der Waals surface area contributed by atoms with Crippen LogP contribution in [0, 0.1) is 5.82 Å². The number of likely N-dealkylation sites (tertiary alicyclic amines) is 1. The number of piperidine rings is 1. The Morgan fingerprint density at radius 2 is 2.05 bits per heavy atom. The molecule has 0 radical (unpaired) electrons. The second-order valence-corrected chi connectivity index (χ2v) is 5.88. The summed E-state index contributed by atoms with van der Waals surface area (Å²) >= 11 is 0. The normalized spacial score (nSPS) is 24.8. The molecule has 0 amide bonds. The standard InChI is InChI=1S/C16H23FN2/c17-16-10-13(14-4-3-7-18-11-14)5-6-15(16)12-19-8-1-2-9-19/h5-6,10,14,18H,1-4,7-9,11-12H2. The van der Waals surface area contributed by atoms with Crippen molar-refractivity contribution in [2.24, 2.45) is 0 Å². The van der Waals surface area contributed by atoms with Crippen molar-refractivity contribution < 1.29 is 4.39 Å². The van der Waals surface area contributed by atoms with E-state index in [0.717, 1.165) is 43.9 Å². The van der Waals surface area contributed by atoms with Crippen LogP contribution in [-0.4, -0.2) is 31.1 Å². The molecular formula is C16H23FN2. The van der Waals surface area contributed by atoms with Gasteiger partial charge in [-0.2, -0.15) is 0 Å². The van der Waals surface area contributed by atoms with E-state index in [1.165, 1.54) is 25.7 Å². The predicted molar refractivity (Wildman–Crippen MR) is 75.8 cm³/mol. The molecule has 1 unspecified atom stereocenters. The Bertz CT molecular complexity index is 421. The Kier molecular flexibility index (Phi) is 4.14. The third kappa shape index (κ3) is 3.15. The molecule has 1 aromatic rings. The fraction of sp³-hybridized carbons (Fsp3) is 0.625. The van der Waals surface area contributed by atoms with Crippen molar-refractivity contribution >= 4 is 0 Å². The average molecular weight is 262 g/mol. The summed E-state index contributed by atoms with van der Waals surface area (Å²) in [5.41, 5.74) is 2.02. The van der Waals surface area contributed by atoms with Crippen LogP contribution in [0.5, 0.6) is 0 Å². The molecule has 0 aromatic heterocycles. The lowest BCUT2D eigenvalue weighted by atomic mass is 9.91. The fourth-order valence-electron chi connectivity index (χ4n) is 3.26. The molecule has 1 aromatic carbocycles. The highest BCUT2D eigenvalue weighted by molar-refractivity contribution is 5.27. The van der Waals surface area contributed by atoms with Crippen LogP contribution < -0.4 is 5.32 Å². The smallest absolute Gasteiger partial charge is 0.127 e. The number of nitrogens with one attached hydrogen (secondary N) is 1. The van der Waals surface area contributed by atoms with Gasteiger partial charge in [0.1, 0.15) is 5.82 Å². The summed E-state index contributed by atoms with van der Waals surface area (Å²) in [6.07, 6.45) is 4.89. The molecular weight excluding hydrogens is 239 g/mol. The summed E-state index contributed by atoms with van der Waals surface area (Å²) in [6, 6.07) is 5.90. The van der Waals surface area contributed by atoms with E-state index in [-0.39, 0.29) is 5.82 Å². The molecule has 1 N–H and O–H groups in total. The van der Waals surface area contributed by atoms with Gasteiger partial charge in [0.2, 0.25) is 0 Å². The third-order valence-electron chi connectivity index (χ3n) is 4.44. The van der Waals surface area contributed by atoms with Crippen molar-refractivity contribution in [3.8, 4) is 0 Å². The molecule has 2 nitrogen and oxygen atoms in total. The molecule has 2 aliphatic heterocycles. The Morgan fingerprint density at radius 1 is 1.21 bits per heavy atom. The van der Waals surface area contributed by atoms with Crippen LogP contribution in [0.25, 0.3) is 0 Å². The average Bonchev–Trinajstić information content (AvgIpc) is 2.95. The molecule has 19 heavy (non-hydrogen) atoms. The van der Waals surface area contributed by atoms with Crippen molar-refractivity contribution in [1.29, 1.82) is 0 Å². The molecule has 0 bridgehead atoms. The quantitative estimate of drug-likeness (QED) is 0.901. The van der Waals surface area contributed by atoms with Gasteiger partial charge in [0.05, 0.1) is 0 Å². The van der Waals surface area contributed by atoms with Gasteiger partial charge in [-0.05, 0) is 62.9 Å². The zero-order chi connectivity index (χ0) is 13.1. The van der Waals surface area contributed by atoms with E-state index in [9.17, 15) is 4.39 Å². The largest absolute Gasteiger partial charge is 0.316 e. The van der Waals surface area contributed by atoms with Gasteiger partial charge in [-0.1, -0.05) is 12.1 Å². The van der Waals surface area contributed by atoms with E-state index in [1.807, 2.05) is 6.07 Å². The highest BCUT2D eigenvalue weighted by Crippen LogP contribution is 2.25. The molecule has 3 heteroatoms. The summed E-state index contributed by atoms with van der Waals surface area (Å²) < 4.78 is 14.2. The van der Waals surface area contributed by atoms with Gasteiger partial charge in [0.15, 0.2) is 0 Å². The van der Waals surface area contributed by atoms with Crippen LogP contribution in [0.1, 0.15) is 42.7 Å². The first-order valence-corrected chi connectivity index (χ1v) is 7.54. The van der Waals surface area contributed by atoms with Crippen LogP contribution in [0.2, 0.25) is 0 Å². The van der Waals surface area contributed by atoms with Gasteiger partial charge in [-0.15, -0.1) is 0 Å². The lowest BCUT2D eigenvalue weighted by Gasteiger charge is -2.23. The van der Waals surface area contributed by atoms with Gasteiger partial charge in [0.25, 0.3) is 0 Å². The van der Waals surface area contributed by atoms with E-state index in [0.29, 0.717) is 5.92 Å². The lowest BCUT2D eigenvalue weighted by molar-refractivity contribution is 0.325. The second kappa shape index (κ2) is 6.02. The Labute approximate surface area is 115 Å². The molecule has 2 saturated heterocycles. The number of hydrogen-bond donors (Lipinski definition) is 1. The first-order valence-electron chi connectivity index (χ1n) is 7.54. The number of nitrogens with zero attached hydrogens (tertiary/aromatic N) is 1. The zero-order valence-corrected chi connectivity index (χ0v) is 11.5. The van der Waals surface area contributed by atoms with E-state index in [2.05, 4.69) is 16.3 Å². The summed E-state index contributed by atoms with van der Waals surface area (Å²) in [4.78, 5) is 2.35. The molecule has 0 spiro atoms. The molecule has 2 heterocycles. The van der Waals surface area contributed by atoms with Crippen LogP contribution >= 0.6 is 0 Å².